The van der Waals surface area contributed by atoms with E-state index in [1.54, 1.807) is 22.3 Å². The van der Waals surface area contributed by atoms with Gasteiger partial charge in [0.2, 0.25) is 0 Å². The molecule has 0 N–H and O–H groups in total. The molecule has 0 radical (unpaired) electrons. The van der Waals surface area contributed by atoms with Gasteiger partial charge in [0.15, 0.2) is 0 Å². The van der Waals surface area contributed by atoms with Gasteiger partial charge in [-0.3, -0.25) is 0 Å². The van der Waals surface area contributed by atoms with Gasteiger partial charge in [0, 0.05) is 0 Å². The predicted octanol–water partition coefficient (Wildman–Crippen LogP) is 4.32. The van der Waals surface area contributed by atoms with Gasteiger partial charge in [0.05, 0.1) is 0 Å². The fourth-order valence-electron chi connectivity index (χ4n) is 2.09. The lowest BCUT2D eigenvalue weighted by atomic mass is 9.99. The average Bonchev–Trinajstić information content (AvgIpc) is 2.86. The maximum atomic E-state index is 2.30. The highest BCUT2D eigenvalue weighted by atomic mass is 14.2. The van der Waals surface area contributed by atoms with Crippen LogP contribution in [0.1, 0.15) is 39.5 Å². The van der Waals surface area contributed by atoms with Gasteiger partial charge in [-0.15, -0.1) is 0 Å². The Kier molecular flexibility index (Phi) is 2.72. The van der Waals surface area contributed by atoms with Crippen LogP contribution in [0.5, 0.6) is 0 Å². The molecule has 0 saturated heterocycles. The summed E-state index contributed by atoms with van der Waals surface area (Å²) in [4.78, 5) is 0. The van der Waals surface area contributed by atoms with Gasteiger partial charge in [-0.1, -0.05) is 49.3 Å². The first-order valence-corrected chi connectivity index (χ1v) is 5.61. The van der Waals surface area contributed by atoms with Crippen LogP contribution in [0.4, 0.5) is 0 Å². The third-order valence-corrected chi connectivity index (χ3v) is 3.20. The highest BCUT2D eigenvalue weighted by Crippen LogP contribution is 2.33. The summed E-state index contributed by atoms with van der Waals surface area (Å²) < 4.78 is 0. The van der Waals surface area contributed by atoms with Crippen LogP contribution in [-0.2, 0) is 0 Å². The van der Waals surface area contributed by atoms with Crippen molar-refractivity contribution in [2.24, 2.45) is 0 Å². The van der Waals surface area contributed by atoms with Crippen LogP contribution >= 0.6 is 0 Å². The van der Waals surface area contributed by atoms with Gasteiger partial charge < -0.3 is 0 Å². The summed E-state index contributed by atoms with van der Waals surface area (Å²) in [6.07, 6.45) is 14.0. The molecule has 2 aliphatic carbocycles. The Hall–Kier alpha value is -1.04. The first-order valence-electron chi connectivity index (χ1n) is 5.61. The molecule has 0 fully saturated rings. The van der Waals surface area contributed by atoms with E-state index < -0.39 is 0 Å². The molecule has 0 aromatic heterocycles. The largest absolute Gasteiger partial charge is 0.0661 e. The number of rotatable bonds is 3. The minimum atomic E-state index is 1.19. The van der Waals surface area contributed by atoms with Crippen LogP contribution in [-0.4, -0.2) is 0 Å². The minimum absolute atomic E-state index is 1.19. The zero-order valence-corrected chi connectivity index (χ0v) is 9.14. The van der Waals surface area contributed by atoms with Crippen molar-refractivity contribution >= 4 is 0 Å². The van der Waals surface area contributed by atoms with Gasteiger partial charge in [-0.05, 0) is 36.8 Å². The molecule has 0 heteroatoms. The molecule has 0 unspecified atom stereocenters. The highest BCUT2D eigenvalue weighted by Gasteiger charge is 2.14. The highest BCUT2D eigenvalue weighted by molar-refractivity contribution is 5.49. The maximum absolute atomic E-state index is 2.30. The Morgan fingerprint density at radius 3 is 1.50 bits per heavy atom. The Morgan fingerprint density at radius 1 is 0.786 bits per heavy atom. The van der Waals surface area contributed by atoms with E-state index in [2.05, 4.69) is 38.2 Å². The lowest BCUT2D eigenvalue weighted by molar-refractivity contribution is 0.980. The second-order valence-electron chi connectivity index (χ2n) is 4.09. The standard InChI is InChI=1S/C14H18/c1-3-11-5-7-13(9-11)14-8-6-12(4-2)10-14/h5-8H,3-4,9-10H2,1-2H3. The van der Waals surface area contributed by atoms with Crippen LogP contribution in [0.15, 0.2) is 46.6 Å². The van der Waals surface area contributed by atoms with Crippen LogP contribution in [0.2, 0.25) is 0 Å². The second-order valence-corrected chi connectivity index (χ2v) is 4.09. The Morgan fingerprint density at radius 2 is 1.21 bits per heavy atom. The SMILES string of the molecule is CCC1=CC=C(C2=CC=C(CC)C2)C1. The molecule has 0 aromatic rings. The molecule has 0 aliphatic heterocycles. The molecule has 0 atom stereocenters. The van der Waals surface area contributed by atoms with E-state index in [0.29, 0.717) is 0 Å². The summed E-state index contributed by atoms with van der Waals surface area (Å²) in [5, 5.41) is 0. The number of allylic oxidation sites excluding steroid dienone is 8. The van der Waals surface area contributed by atoms with Crippen molar-refractivity contribution < 1.29 is 0 Å². The molecule has 0 amide bonds. The van der Waals surface area contributed by atoms with Crippen molar-refractivity contribution in [3.63, 3.8) is 0 Å². The third-order valence-electron chi connectivity index (χ3n) is 3.20. The van der Waals surface area contributed by atoms with E-state index in [1.165, 1.54) is 25.7 Å². The van der Waals surface area contributed by atoms with E-state index in [-0.39, 0.29) is 0 Å². The van der Waals surface area contributed by atoms with Crippen LogP contribution < -0.4 is 0 Å². The van der Waals surface area contributed by atoms with Crippen molar-refractivity contribution in [2.45, 2.75) is 39.5 Å². The summed E-state index contributed by atoms with van der Waals surface area (Å²) in [6, 6.07) is 0. The van der Waals surface area contributed by atoms with Gasteiger partial charge in [-0.2, -0.15) is 0 Å². The average molecular weight is 186 g/mol. The zero-order chi connectivity index (χ0) is 9.97. The van der Waals surface area contributed by atoms with Crippen molar-refractivity contribution in [1.82, 2.24) is 0 Å². The summed E-state index contributed by atoms with van der Waals surface area (Å²) >= 11 is 0. The summed E-state index contributed by atoms with van der Waals surface area (Å²) in [5.74, 6) is 0. The normalized spacial score (nSPS) is 20.4. The monoisotopic (exact) mass is 186 g/mol. The van der Waals surface area contributed by atoms with E-state index >= 15 is 0 Å². The fourth-order valence-corrected chi connectivity index (χ4v) is 2.09. The maximum Gasteiger partial charge on any atom is -0.00612 e. The lowest BCUT2D eigenvalue weighted by Crippen LogP contribution is -1.87. The zero-order valence-electron chi connectivity index (χ0n) is 9.14. The van der Waals surface area contributed by atoms with E-state index in [9.17, 15) is 0 Å². The van der Waals surface area contributed by atoms with Gasteiger partial charge >= 0.3 is 0 Å². The molecular weight excluding hydrogens is 168 g/mol. The quantitative estimate of drug-likeness (QED) is 0.615. The molecule has 2 aliphatic rings. The molecular formula is C14H18. The molecule has 0 saturated carbocycles. The topological polar surface area (TPSA) is 0 Å². The smallest absolute Gasteiger partial charge is 0.00612 e. The van der Waals surface area contributed by atoms with Gasteiger partial charge in [0.1, 0.15) is 0 Å². The molecule has 14 heavy (non-hydrogen) atoms. The summed E-state index contributed by atoms with van der Waals surface area (Å²) in [5.41, 5.74) is 6.24. The fraction of sp³-hybridized carbons (Fsp3) is 0.429. The Labute approximate surface area is 86.7 Å². The molecule has 74 valence electrons. The van der Waals surface area contributed by atoms with E-state index in [0.717, 1.165) is 0 Å². The first-order chi connectivity index (χ1) is 6.83. The molecule has 2 rings (SSSR count). The van der Waals surface area contributed by atoms with Crippen molar-refractivity contribution in [1.29, 1.82) is 0 Å². The van der Waals surface area contributed by atoms with Crippen molar-refractivity contribution in [2.75, 3.05) is 0 Å². The first kappa shape index (κ1) is 9.51. The van der Waals surface area contributed by atoms with E-state index in [1.807, 2.05) is 0 Å². The number of hydrogen-bond acceptors (Lipinski definition) is 0. The molecule has 0 spiro atoms. The predicted molar refractivity (Wildman–Crippen MR) is 62.1 cm³/mol. The number of hydrogen-bond donors (Lipinski definition) is 0. The van der Waals surface area contributed by atoms with Crippen molar-refractivity contribution in [3.8, 4) is 0 Å². The van der Waals surface area contributed by atoms with Gasteiger partial charge in [0.25, 0.3) is 0 Å². The van der Waals surface area contributed by atoms with Crippen LogP contribution in [0, 0.1) is 0 Å². The van der Waals surface area contributed by atoms with Crippen LogP contribution in [0.3, 0.4) is 0 Å². The summed E-state index contributed by atoms with van der Waals surface area (Å²) in [6.45, 7) is 4.47. The van der Waals surface area contributed by atoms with Crippen molar-refractivity contribution in [3.05, 3.63) is 46.6 Å². The third kappa shape index (κ3) is 1.75. The molecule has 0 bridgehead atoms. The Bertz CT molecular complexity index is 312. The second kappa shape index (κ2) is 4.00. The lowest BCUT2D eigenvalue weighted by Gasteiger charge is -2.06. The minimum Gasteiger partial charge on any atom is -0.0661 e. The van der Waals surface area contributed by atoms with Gasteiger partial charge in [-0.25, -0.2) is 0 Å². The molecule has 0 nitrogen and oxygen atoms in total. The summed E-state index contributed by atoms with van der Waals surface area (Å²) in [7, 11) is 0. The van der Waals surface area contributed by atoms with E-state index in [4.69, 9.17) is 0 Å². The molecule has 0 heterocycles. The molecule has 0 aromatic carbocycles. The van der Waals surface area contributed by atoms with Crippen LogP contribution in [0.25, 0.3) is 0 Å². The Balaban J connectivity index is 1.96.